The van der Waals surface area contributed by atoms with Crippen LogP contribution in [0, 0.1) is 0 Å². The number of hydrazine groups is 1. The zero-order chi connectivity index (χ0) is 11.3. The van der Waals surface area contributed by atoms with Crippen molar-refractivity contribution < 1.29 is 9.53 Å². The highest BCUT2D eigenvalue weighted by atomic mass is 35.5. The van der Waals surface area contributed by atoms with Gasteiger partial charge in [0, 0.05) is 7.11 Å². The average Bonchev–Trinajstić information content (AvgIpc) is 2.21. The van der Waals surface area contributed by atoms with Crippen molar-refractivity contribution in [3.63, 3.8) is 0 Å². The van der Waals surface area contributed by atoms with Gasteiger partial charge >= 0.3 is 0 Å². The van der Waals surface area contributed by atoms with Crippen molar-refractivity contribution in [3.8, 4) is 0 Å². The lowest BCUT2D eigenvalue weighted by Gasteiger charge is -2.08. The van der Waals surface area contributed by atoms with Crippen LogP contribution in [0.3, 0.4) is 0 Å². The number of hydrogen-bond donors (Lipinski definition) is 3. The molecule has 4 N–H and O–H groups in total. The van der Waals surface area contributed by atoms with E-state index in [1.54, 1.807) is 0 Å². The Labute approximate surface area is 91.0 Å². The zero-order valence-electron chi connectivity index (χ0n) is 7.95. The minimum Gasteiger partial charge on any atom is -0.375 e. The largest absolute Gasteiger partial charge is 0.375 e. The maximum Gasteiger partial charge on any atom is 0.250 e. The minimum atomic E-state index is -0.333. The molecule has 82 valence electrons. The van der Waals surface area contributed by atoms with Gasteiger partial charge in [-0.15, -0.1) is 0 Å². The van der Waals surface area contributed by atoms with Gasteiger partial charge < -0.3 is 15.5 Å². The van der Waals surface area contributed by atoms with Crippen LogP contribution >= 0.6 is 11.6 Å². The second-order valence-corrected chi connectivity index (χ2v) is 2.86. The van der Waals surface area contributed by atoms with Gasteiger partial charge in [0.1, 0.15) is 12.3 Å². The van der Waals surface area contributed by atoms with Crippen molar-refractivity contribution in [2.75, 3.05) is 24.5 Å². The molecule has 15 heavy (non-hydrogen) atoms. The van der Waals surface area contributed by atoms with Crippen LogP contribution in [0.2, 0.25) is 5.28 Å². The van der Waals surface area contributed by atoms with Gasteiger partial charge in [0.2, 0.25) is 11.2 Å². The topological polar surface area (TPSA) is 102 Å². The third kappa shape index (κ3) is 3.31. The number of amides is 1. The predicted molar refractivity (Wildman–Crippen MR) is 55.4 cm³/mol. The summed E-state index contributed by atoms with van der Waals surface area (Å²) in [5.41, 5.74) is 2.63. The van der Waals surface area contributed by atoms with Crippen LogP contribution in [0.15, 0.2) is 6.20 Å². The highest BCUT2D eigenvalue weighted by molar-refractivity contribution is 6.28. The summed E-state index contributed by atoms with van der Waals surface area (Å²) in [6.45, 7) is -0.0629. The number of aromatic nitrogens is 2. The summed E-state index contributed by atoms with van der Waals surface area (Å²) in [4.78, 5) is 18.6. The second-order valence-electron chi connectivity index (χ2n) is 2.53. The molecule has 0 spiro atoms. The fourth-order valence-corrected chi connectivity index (χ4v) is 1.01. The molecular formula is C7H10ClN5O2. The summed E-state index contributed by atoms with van der Waals surface area (Å²) in [6, 6.07) is 0. The number of nitrogens with two attached hydrogens (primary N) is 1. The van der Waals surface area contributed by atoms with E-state index in [4.69, 9.17) is 17.4 Å². The molecule has 1 rings (SSSR count). The molecule has 7 nitrogen and oxygen atoms in total. The molecule has 0 saturated carbocycles. The van der Waals surface area contributed by atoms with E-state index in [2.05, 4.69) is 25.4 Å². The molecule has 1 amide bonds. The number of hydrogen-bond acceptors (Lipinski definition) is 6. The first kappa shape index (κ1) is 11.6. The van der Waals surface area contributed by atoms with Gasteiger partial charge in [-0.1, -0.05) is 0 Å². The van der Waals surface area contributed by atoms with Crippen molar-refractivity contribution >= 4 is 29.0 Å². The molecule has 1 heterocycles. The summed E-state index contributed by atoms with van der Waals surface area (Å²) in [7, 11) is 1.42. The van der Waals surface area contributed by atoms with Crippen molar-refractivity contribution in [1.82, 2.24) is 9.97 Å². The van der Waals surface area contributed by atoms with Crippen LogP contribution in [0.25, 0.3) is 0 Å². The number of carbonyl (C=O) groups excluding carboxylic acids is 1. The van der Waals surface area contributed by atoms with Crippen molar-refractivity contribution in [3.05, 3.63) is 11.5 Å². The predicted octanol–water partition coefficient (Wildman–Crippen LogP) is 0.000500. The quantitative estimate of drug-likeness (QED) is 0.383. The van der Waals surface area contributed by atoms with Crippen LogP contribution in [0.5, 0.6) is 0 Å². The first-order chi connectivity index (χ1) is 7.17. The Morgan fingerprint density at radius 1 is 1.73 bits per heavy atom. The smallest absolute Gasteiger partial charge is 0.250 e. The first-order valence-corrected chi connectivity index (χ1v) is 4.33. The Morgan fingerprint density at radius 2 is 2.47 bits per heavy atom. The number of halogens is 1. The van der Waals surface area contributed by atoms with E-state index in [-0.39, 0.29) is 23.6 Å². The fourth-order valence-electron chi connectivity index (χ4n) is 0.879. The molecule has 0 radical (unpaired) electrons. The Bertz CT molecular complexity index is 359. The molecule has 0 aliphatic heterocycles. The number of anilines is 2. The van der Waals surface area contributed by atoms with Crippen LogP contribution in [0.4, 0.5) is 11.5 Å². The van der Waals surface area contributed by atoms with Gasteiger partial charge in [-0.3, -0.25) is 4.79 Å². The molecule has 1 aromatic rings. The lowest BCUT2D eigenvalue weighted by molar-refractivity contribution is -0.119. The van der Waals surface area contributed by atoms with Crippen molar-refractivity contribution in [1.29, 1.82) is 0 Å². The average molecular weight is 232 g/mol. The van der Waals surface area contributed by atoms with E-state index in [0.29, 0.717) is 5.69 Å². The molecule has 0 atom stereocenters. The molecule has 0 saturated heterocycles. The number of methoxy groups -OCH3 is 1. The maximum atomic E-state index is 11.2. The molecule has 0 unspecified atom stereocenters. The fraction of sp³-hybridized carbons (Fsp3) is 0.286. The van der Waals surface area contributed by atoms with Gasteiger partial charge in [-0.05, 0) is 11.6 Å². The molecule has 8 heteroatoms. The van der Waals surface area contributed by atoms with Crippen molar-refractivity contribution in [2.45, 2.75) is 0 Å². The second kappa shape index (κ2) is 5.44. The Kier molecular flexibility index (Phi) is 4.22. The number of ether oxygens (including phenoxy) is 1. The first-order valence-electron chi connectivity index (χ1n) is 3.95. The number of carbonyl (C=O) groups is 1. The van der Waals surface area contributed by atoms with E-state index >= 15 is 0 Å². The minimum absolute atomic E-state index is 0.0349. The molecular weight excluding hydrogens is 222 g/mol. The van der Waals surface area contributed by atoms with E-state index in [1.807, 2.05) is 0 Å². The van der Waals surface area contributed by atoms with E-state index < -0.39 is 0 Å². The Hall–Kier alpha value is -1.44. The van der Waals surface area contributed by atoms with Crippen LogP contribution in [-0.4, -0.2) is 29.6 Å². The van der Waals surface area contributed by atoms with E-state index in [1.165, 1.54) is 13.3 Å². The van der Waals surface area contributed by atoms with Crippen LogP contribution in [0.1, 0.15) is 0 Å². The highest BCUT2D eigenvalue weighted by Gasteiger charge is 2.08. The molecule has 0 aromatic carbocycles. The molecule has 0 aliphatic rings. The summed E-state index contributed by atoms with van der Waals surface area (Å²) < 4.78 is 4.64. The number of nitrogens with one attached hydrogen (secondary N) is 2. The van der Waals surface area contributed by atoms with Gasteiger partial charge in [0.15, 0.2) is 5.82 Å². The molecule has 0 bridgehead atoms. The third-order valence-corrected chi connectivity index (χ3v) is 1.63. The van der Waals surface area contributed by atoms with Gasteiger partial charge in [-0.25, -0.2) is 10.8 Å². The van der Waals surface area contributed by atoms with E-state index in [0.717, 1.165) is 0 Å². The lowest BCUT2D eigenvalue weighted by atomic mass is 10.4. The SMILES string of the molecule is COCC(=O)Nc1cnc(Cl)nc1NN. The maximum absolute atomic E-state index is 11.2. The zero-order valence-corrected chi connectivity index (χ0v) is 8.71. The summed E-state index contributed by atoms with van der Waals surface area (Å²) in [6.07, 6.45) is 1.35. The Balaban J connectivity index is 2.80. The number of nitrogens with zero attached hydrogens (tertiary/aromatic N) is 2. The normalized spacial score (nSPS) is 9.80. The Morgan fingerprint density at radius 3 is 3.07 bits per heavy atom. The lowest BCUT2D eigenvalue weighted by Crippen LogP contribution is -2.20. The van der Waals surface area contributed by atoms with Crippen molar-refractivity contribution in [2.24, 2.45) is 5.84 Å². The van der Waals surface area contributed by atoms with Gasteiger partial charge in [0.05, 0.1) is 6.20 Å². The van der Waals surface area contributed by atoms with Gasteiger partial charge in [-0.2, -0.15) is 4.98 Å². The monoisotopic (exact) mass is 231 g/mol. The summed E-state index contributed by atoms with van der Waals surface area (Å²) in [5, 5.41) is 2.53. The third-order valence-electron chi connectivity index (χ3n) is 1.45. The highest BCUT2D eigenvalue weighted by Crippen LogP contribution is 2.18. The van der Waals surface area contributed by atoms with E-state index in [9.17, 15) is 4.79 Å². The summed E-state index contributed by atoms with van der Waals surface area (Å²) >= 11 is 5.54. The molecule has 0 aliphatic carbocycles. The number of nitrogen functional groups attached to an aromatic ring is 1. The van der Waals surface area contributed by atoms with Crippen LogP contribution < -0.4 is 16.6 Å². The van der Waals surface area contributed by atoms with Gasteiger partial charge in [0.25, 0.3) is 0 Å². The number of rotatable bonds is 4. The standard InChI is InChI=1S/C7H10ClN5O2/c1-15-3-5(14)11-4-2-10-7(8)12-6(4)13-9/h2H,3,9H2,1H3,(H,11,14)(H,10,12,13). The molecule has 1 aromatic heterocycles. The summed E-state index contributed by atoms with van der Waals surface area (Å²) in [5.74, 6) is 5.09. The molecule has 0 fully saturated rings. The van der Waals surface area contributed by atoms with Crippen LogP contribution in [-0.2, 0) is 9.53 Å².